The number of amides is 2. The van der Waals surface area contributed by atoms with Crippen LogP contribution in [-0.2, 0) is 22.7 Å². The summed E-state index contributed by atoms with van der Waals surface area (Å²) in [7, 11) is 0. The lowest BCUT2D eigenvalue weighted by molar-refractivity contribution is -0.179. The van der Waals surface area contributed by atoms with Gasteiger partial charge in [0.1, 0.15) is 12.6 Å². The second kappa shape index (κ2) is 7.98. The van der Waals surface area contributed by atoms with Crippen molar-refractivity contribution in [3.05, 3.63) is 83.6 Å². The van der Waals surface area contributed by atoms with E-state index >= 15 is 0 Å². The number of carbonyl (C=O) groups excluding carboxylic acids is 2. The highest BCUT2D eigenvalue weighted by atomic mass is 16.7. The van der Waals surface area contributed by atoms with Crippen molar-refractivity contribution >= 4 is 11.8 Å². The molecule has 4 rings (SSSR count). The van der Waals surface area contributed by atoms with Crippen molar-refractivity contribution in [2.45, 2.75) is 44.9 Å². The van der Waals surface area contributed by atoms with Crippen molar-refractivity contribution in [2.75, 3.05) is 0 Å². The second-order valence-electron chi connectivity index (χ2n) is 7.32. The van der Waals surface area contributed by atoms with E-state index in [1.807, 2.05) is 67.7 Å². The first kappa shape index (κ1) is 18.4. The van der Waals surface area contributed by atoms with Crippen molar-refractivity contribution in [1.29, 1.82) is 0 Å². The molecule has 0 fully saturated rings. The Kier molecular flexibility index (Phi) is 5.26. The average Bonchev–Trinajstić information content (AvgIpc) is 2.73. The van der Waals surface area contributed by atoms with Gasteiger partial charge in [0.15, 0.2) is 0 Å². The Balaban J connectivity index is 1.67. The van der Waals surface area contributed by atoms with Crippen LogP contribution in [0.1, 0.15) is 41.3 Å². The minimum Gasteiger partial charge on any atom is -0.315 e. The maximum absolute atomic E-state index is 13.5. The van der Waals surface area contributed by atoms with Crippen molar-refractivity contribution in [3.63, 3.8) is 0 Å². The minimum absolute atomic E-state index is 0.1000. The lowest BCUT2D eigenvalue weighted by Gasteiger charge is -2.38. The van der Waals surface area contributed by atoms with Gasteiger partial charge >= 0.3 is 0 Å². The first-order valence-electron chi connectivity index (χ1n) is 9.72. The SMILES string of the molecule is C[C@@H]1CCC=CN1C(=O)[C@H](Cc1ccccc1)N1OCc2ccccc2C1=O. The van der Waals surface area contributed by atoms with Crippen molar-refractivity contribution in [3.8, 4) is 0 Å². The topological polar surface area (TPSA) is 49.9 Å². The van der Waals surface area contributed by atoms with E-state index in [2.05, 4.69) is 0 Å². The standard InChI is InChI=1S/C23H24N2O3/c1-17-9-7-8-14-24(17)23(27)21(15-18-10-3-2-4-11-18)25-22(26)20-13-6-5-12-19(20)16-28-25/h2-6,8,10-14,17,21H,7,9,15-16H2,1H3/t17-,21+/m1/s1. The number of allylic oxidation sites excluding steroid dienone is 1. The zero-order chi connectivity index (χ0) is 19.5. The van der Waals surface area contributed by atoms with E-state index in [0.717, 1.165) is 24.0 Å². The van der Waals surface area contributed by atoms with E-state index in [4.69, 9.17) is 4.84 Å². The molecule has 0 saturated heterocycles. The number of hydrogen-bond acceptors (Lipinski definition) is 3. The third kappa shape index (κ3) is 3.58. The van der Waals surface area contributed by atoms with Crippen LogP contribution >= 0.6 is 0 Å². The zero-order valence-electron chi connectivity index (χ0n) is 16.0. The van der Waals surface area contributed by atoms with Crippen LogP contribution in [0, 0.1) is 0 Å². The Morgan fingerprint density at radius 2 is 1.89 bits per heavy atom. The molecule has 0 bridgehead atoms. The Hall–Kier alpha value is -2.92. The monoisotopic (exact) mass is 376 g/mol. The maximum Gasteiger partial charge on any atom is 0.278 e. The van der Waals surface area contributed by atoms with Gasteiger partial charge in [0.05, 0.1) is 0 Å². The normalized spacial score (nSPS) is 20.0. The lowest BCUT2D eigenvalue weighted by Crippen LogP contribution is -2.54. The largest absolute Gasteiger partial charge is 0.315 e. The molecule has 2 aliphatic rings. The third-order valence-corrected chi connectivity index (χ3v) is 5.39. The zero-order valence-corrected chi connectivity index (χ0v) is 16.0. The molecule has 2 atom stereocenters. The minimum atomic E-state index is -0.714. The fraction of sp³-hybridized carbons (Fsp3) is 0.304. The van der Waals surface area contributed by atoms with Gasteiger partial charge in [-0.25, -0.2) is 5.06 Å². The summed E-state index contributed by atoms with van der Waals surface area (Å²) >= 11 is 0. The Labute approximate surface area is 165 Å². The fourth-order valence-electron chi connectivity index (χ4n) is 3.78. The Morgan fingerprint density at radius 3 is 2.68 bits per heavy atom. The Bertz CT molecular complexity index is 894. The summed E-state index contributed by atoms with van der Waals surface area (Å²) in [5, 5.41) is 1.28. The first-order chi connectivity index (χ1) is 13.6. The van der Waals surface area contributed by atoms with Crippen LogP contribution in [0.25, 0.3) is 0 Å². The molecule has 0 radical (unpaired) electrons. The molecule has 2 heterocycles. The maximum atomic E-state index is 13.5. The third-order valence-electron chi connectivity index (χ3n) is 5.39. The van der Waals surface area contributed by atoms with Gasteiger partial charge < -0.3 is 4.90 Å². The van der Waals surface area contributed by atoms with Crippen molar-refractivity contribution in [2.24, 2.45) is 0 Å². The van der Waals surface area contributed by atoms with Crippen LogP contribution in [0.2, 0.25) is 0 Å². The summed E-state index contributed by atoms with van der Waals surface area (Å²) in [5.41, 5.74) is 2.44. The van der Waals surface area contributed by atoms with E-state index in [0.29, 0.717) is 12.0 Å². The number of benzene rings is 2. The van der Waals surface area contributed by atoms with Crippen molar-refractivity contribution in [1.82, 2.24) is 9.96 Å². The van der Waals surface area contributed by atoms with Gasteiger partial charge in [0.2, 0.25) is 0 Å². The smallest absolute Gasteiger partial charge is 0.278 e. The van der Waals surface area contributed by atoms with Gasteiger partial charge in [-0.15, -0.1) is 0 Å². The number of hydrogen-bond donors (Lipinski definition) is 0. The predicted octanol–water partition coefficient (Wildman–Crippen LogP) is 3.71. The summed E-state index contributed by atoms with van der Waals surface area (Å²) in [6.07, 6.45) is 6.13. The quantitative estimate of drug-likeness (QED) is 0.817. The summed E-state index contributed by atoms with van der Waals surface area (Å²) in [6.45, 7) is 2.32. The van der Waals surface area contributed by atoms with Gasteiger partial charge in [-0.2, -0.15) is 0 Å². The molecule has 0 aliphatic carbocycles. The molecule has 0 saturated carbocycles. The molecule has 28 heavy (non-hydrogen) atoms. The van der Waals surface area contributed by atoms with E-state index < -0.39 is 6.04 Å². The van der Waals surface area contributed by atoms with E-state index in [-0.39, 0.29) is 24.5 Å². The fourth-order valence-corrected chi connectivity index (χ4v) is 3.78. The van der Waals surface area contributed by atoms with Gasteiger partial charge in [0.25, 0.3) is 11.8 Å². The molecule has 5 nitrogen and oxygen atoms in total. The van der Waals surface area contributed by atoms with Gasteiger partial charge in [-0.3, -0.25) is 14.4 Å². The summed E-state index contributed by atoms with van der Waals surface area (Å²) < 4.78 is 0. The van der Waals surface area contributed by atoms with Gasteiger partial charge in [0, 0.05) is 24.2 Å². The second-order valence-corrected chi connectivity index (χ2v) is 7.32. The molecule has 2 amide bonds. The van der Waals surface area contributed by atoms with Crippen LogP contribution in [0.3, 0.4) is 0 Å². The predicted molar refractivity (Wildman–Crippen MR) is 106 cm³/mol. The molecule has 144 valence electrons. The molecular formula is C23H24N2O3. The van der Waals surface area contributed by atoms with Crippen LogP contribution < -0.4 is 0 Å². The molecule has 2 aromatic rings. The van der Waals surface area contributed by atoms with E-state index in [1.54, 1.807) is 11.0 Å². The lowest BCUT2D eigenvalue weighted by atomic mass is 10.00. The number of fused-ring (bicyclic) bond motifs is 1. The first-order valence-corrected chi connectivity index (χ1v) is 9.72. The average molecular weight is 376 g/mol. The van der Waals surface area contributed by atoms with E-state index in [1.165, 1.54) is 5.06 Å². The van der Waals surface area contributed by atoms with Crippen LogP contribution in [-0.4, -0.2) is 33.9 Å². The molecular weight excluding hydrogens is 352 g/mol. The van der Waals surface area contributed by atoms with Gasteiger partial charge in [-0.05, 0) is 37.0 Å². The molecule has 0 spiro atoms. The molecule has 2 aromatic carbocycles. The highest BCUT2D eigenvalue weighted by Gasteiger charge is 2.38. The molecule has 2 aliphatic heterocycles. The van der Waals surface area contributed by atoms with Crippen LogP contribution in [0.15, 0.2) is 66.9 Å². The number of nitrogens with zero attached hydrogens (tertiary/aromatic N) is 2. The van der Waals surface area contributed by atoms with Crippen LogP contribution in [0.5, 0.6) is 0 Å². The van der Waals surface area contributed by atoms with Gasteiger partial charge in [-0.1, -0.05) is 54.6 Å². The summed E-state index contributed by atoms with van der Waals surface area (Å²) in [6, 6.07) is 16.5. The molecule has 0 unspecified atom stereocenters. The number of carbonyl (C=O) groups is 2. The number of hydroxylamine groups is 2. The molecule has 5 heteroatoms. The highest BCUT2D eigenvalue weighted by Crippen LogP contribution is 2.26. The highest BCUT2D eigenvalue weighted by molar-refractivity contribution is 5.98. The summed E-state index contributed by atoms with van der Waals surface area (Å²) in [5.74, 6) is -0.371. The van der Waals surface area contributed by atoms with Crippen LogP contribution in [0.4, 0.5) is 0 Å². The Morgan fingerprint density at radius 1 is 1.14 bits per heavy atom. The molecule has 0 aromatic heterocycles. The number of rotatable bonds is 4. The molecule has 0 N–H and O–H groups in total. The summed E-state index contributed by atoms with van der Waals surface area (Å²) in [4.78, 5) is 34.2. The van der Waals surface area contributed by atoms with E-state index in [9.17, 15) is 9.59 Å². The van der Waals surface area contributed by atoms with Crippen molar-refractivity contribution < 1.29 is 14.4 Å².